The van der Waals surface area contributed by atoms with Crippen molar-refractivity contribution < 1.29 is 24.1 Å². The summed E-state index contributed by atoms with van der Waals surface area (Å²) >= 11 is 6.28. The van der Waals surface area contributed by atoms with Gasteiger partial charge in [0.05, 0.1) is 16.7 Å². The van der Waals surface area contributed by atoms with Gasteiger partial charge in [-0.25, -0.2) is 4.79 Å². The van der Waals surface area contributed by atoms with E-state index in [2.05, 4.69) is 4.90 Å². The van der Waals surface area contributed by atoms with Crippen LogP contribution in [0.15, 0.2) is 6.07 Å². The Morgan fingerprint density at radius 1 is 1.30 bits per heavy atom. The molecule has 148 valence electrons. The van der Waals surface area contributed by atoms with Gasteiger partial charge in [0.2, 0.25) is 0 Å². The molecule has 0 spiro atoms. The number of nitrogens with zero attached hydrogens (tertiary/aromatic N) is 1. The quantitative estimate of drug-likeness (QED) is 0.837. The third-order valence-corrected chi connectivity index (χ3v) is 6.37. The third kappa shape index (κ3) is 3.50. The first kappa shape index (κ1) is 18.8. The van der Waals surface area contributed by atoms with Gasteiger partial charge in [0.1, 0.15) is 0 Å². The van der Waals surface area contributed by atoms with E-state index in [1.54, 1.807) is 6.92 Å². The molecule has 0 aliphatic carbocycles. The van der Waals surface area contributed by atoms with Crippen LogP contribution in [0.3, 0.4) is 0 Å². The molecular formula is C20H26ClNO5. The van der Waals surface area contributed by atoms with Gasteiger partial charge in [-0.05, 0) is 51.8 Å². The first-order chi connectivity index (χ1) is 12.9. The molecule has 0 amide bonds. The maximum atomic E-state index is 11.4. The molecule has 3 heterocycles. The third-order valence-electron chi connectivity index (χ3n) is 6.09. The highest BCUT2D eigenvalue weighted by Crippen LogP contribution is 2.51. The van der Waals surface area contributed by atoms with Gasteiger partial charge >= 0.3 is 5.97 Å². The van der Waals surface area contributed by atoms with Crippen molar-refractivity contribution in [1.82, 2.24) is 4.90 Å². The minimum atomic E-state index is -1.02. The number of halogens is 1. The van der Waals surface area contributed by atoms with Gasteiger partial charge in [0, 0.05) is 31.6 Å². The van der Waals surface area contributed by atoms with Gasteiger partial charge < -0.3 is 24.2 Å². The summed E-state index contributed by atoms with van der Waals surface area (Å²) in [5, 5.41) is 9.66. The largest absolute Gasteiger partial charge is 0.478 e. The fraction of sp³-hybridized carbons (Fsp3) is 0.650. The second kappa shape index (κ2) is 7.15. The van der Waals surface area contributed by atoms with Crippen LogP contribution in [-0.2, 0) is 4.74 Å². The van der Waals surface area contributed by atoms with Crippen molar-refractivity contribution >= 4 is 17.6 Å². The molecule has 2 fully saturated rings. The Labute approximate surface area is 164 Å². The van der Waals surface area contributed by atoms with E-state index < -0.39 is 11.8 Å². The van der Waals surface area contributed by atoms with Crippen LogP contribution in [0.4, 0.5) is 0 Å². The number of fused-ring (bicyclic) bond motifs is 1. The van der Waals surface area contributed by atoms with Crippen molar-refractivity contribution in [3.63, 3.8) is 0 Å². The Morgan fingerprint density at radius 3 is 2.63 bits per heavy atom. The van der Waals surface area contributed by atoms with Crippen molar-refractivity contribution in [2.24, 2.45) is 5.92 Å². The summed E-state index contributed by atoms with van der Waals surface area (Å²) in [6, 6.07) is 1.44. The van der Waals surface area contributed by atoms with Crippen LogP contribution in [0.25, 0.3) is 0 Å². The standard InChI is InChI=1S/C20H26ClNO5/c1-12-15(19(23)24)10-16(21)18-17(12)26-20(2,27-18)13-5-7-22(8-6-13)11-14-4-3-9-25-14/h10,13-14H,3-9,11H2,1-2H3,(H,23,24). The molecule has 6 nitrogen and oxygen atoms in total. The minimum absolute atomic E-state index is 0.151. The highest BCUT2D eigenvalue weighted by Gasteiger charge is 2.47. The average Bonchev–Trinajstić information content (AvgIpc) is 3.27. The number of benzene rings is 1. The van der Waals surface area contributed by atoms with Crippen LogP contribution in [0.1, 0.15) is 48.5 Å². The first-order valence-corrected chi connectivity index (χ1v) is 10.0. The van der Waals surface area contributed by atoms with Gasteiger partial charge in [-0.2, -0.15) is 0 Å². The first-order valence-electron chi connectivity index (χ1n) is 9.66. The maximum Gasteiger partial charge on any atom is 0.336 e. The summed E-state index contributed by atoms with van der Waals surface area (Å²) in [6.45, 7) is 7.52. The lowest BCUT2D eigenvalue weighted by Gasteiger charge is -2.39. The number of ether oxygens (including phenoxy) is 3. The lowest BCUT2D eigenvalue weighted by Crippen LogP contribution is -2.49. The van der Waals surface area contributed by atoms with E-state index in [9.17, 15) is 9.90 Å². The molecular weight excluding hydrogens is 370 g/mol. The predicted molar refractivity (Wildman–Crippen MR) is 101 cm³/mol. The molecule has 2 saturated heterocycles. The van der Waals surface area contributed by atoms with Gasteiger partial charge in [-0.3, -0.25) is 0 Å². The summed E-state index contributed by atoms with van der Waals surface area (Å²) < 4.78 is 18.1. The van der Waals surface area contributed by atoms with Crippen LogP contribution in [0.5, 0.6) is 11.5 Å². The van der Waals surface area contributed by atoms with Gasteiger partial charge in [0.15, 0.2) is 11.5 Å². The monoisotopic (exact) mass is 395 g/mol. The molecule has 27 heavy (non-hydrogen) atoms. The van der Waals surface area contributed by atoms with Crippen molar-refractivity contribution in [1.29, 1.82) is 0 Å². The van der Waals surface area contributed by atoms with E-state index in [0.717, 1.165) is 51.9 Å². The Balaban J connectivity index is 1.45. The zero-order valence-corrected chi connectivity index (χ0v) is 16.6. The Kier molecular flexibility index (Phi) is 4.99. The van der Waals surface area contributed by atoms with Crippen LogP contribution in [0.2, 0.25) is 5.02 Å². The topological polar surface area (TPSA) is 68.2 Å². The van der Waals surface area contributed by atoms with Crippen LogP contribution in [-0.4, -0.2) is 54.1 Å². The number of carbonyl (C=O) groups is 1. The highest BCUT2D eigenvalue weighted by molar-refractivity contribution is 6.32. The van der Waals surface area contributed by atoms with E-state index in [4.69, 9.17) is 25.8 Å². The molecule has 1 N–H and O–H groups in total. The van der Waals surface area contributed by atoms with E-state index in [-0.39, 0.29) is 16.5 Å². The molecule has 0 radical (unpaired) electrons. The number of likely N-dealkylation sites (tertiary alicyclic amines) is 1. The number of hydrogen-bond acceptors (Lipinski definition) is 5. The number of aromatic carboxylic acids is 1. The summed E-state index contributed by atoms with van der Waals surface area (Å²) in [5.41, 5.74) is 0.708. The minimum Gasteiger partial charge on any atom is -0.478 e. The lowest BCUT2D eigenvalue weighted by molar-refractivity contribution is -0.126. The molecule has 7 heteroatoms. The van der Waals surface area contributed by atoms with Crippen molar-refractivity contribution in [3.05, 3.63) is 22.2 Å². The van der Waals surface area contributed by atoms with Crippen molar-refractivity contribution in [3.8, 4) is 11.5 Å². The molecule has 3 aliphatic rings. The van der Waals surface area contributed by atoms with E-state index in [1.807, 2.05) is 6.92 Å². The number of hydrogen-bond donors (Lipinski definition) is 1. The summed E-state index contributed by atoms with van der Waals surface area (Å²) in [7, 11) is 0. The molecule has 2 unspecified atom stereocenters. The molecule has 1 aromatic carbocycles. The number of piperidine rings is 1. The van der Waals surface area contributed by atoms with Crippen LogP contribution < -0.4 is 9.47 Å². The number of carboxylic acid groups (broad SMARTS) is 1. The van der Waals surface area contributed by atoms with E-state index in [0.29, 0.717) is 23.2 Å². The van der Waals surface area contributed by atoms with Crippen LogP contribution in [0, 0.1) is 12.8 Å². The van der Waals surface area contributed by atoms with Crippen molar-refractivity contribution in [2.75, 3.05) is 26.2 Å². The average molecular weight is 396 g/mol. The number of rotatable bonds is 4. The van der Waals surface area contributed by atoms with Gasteiger partial charge in [0.25, 0.3) is 5.79 Å². The second-order valence-electron chi connectivity index (χ2n) is 7.92. The fourth-order valence-corrected chi connectivity index (χ4v) is 4.68. The maximum absolute atomic E-state index is 11.4. The van der Waals surface area contributed by atoms with Crippen LogP contribution >= 0.6 is 11.6 Å². The van der Waals surface area contributed by atoms with Gasteiger partial charge in [-0.15, -0.1) is 0 Å². The predicted octanol–water partition coefficient (Wildman–Crippen LogP) is 3.73. The van der Waals surface area contributed by atoms with Gasteiger partial charge in [-0.1, -0.05) is 11.6 Å². The Morgan fingerprint density at radius 2 is 2.00 bits per heavy atom. The molecule has 1 aromatic rings. The molecule has 0 saturated carbocycles. The second-order valence-corrected chi connectivity index (χ2v) is 8.33. The summed E-state index contributed by atoms with van der Waals surface area (Å²) in [6.07, 6.45) is 4.61. The highest BCUT2D eigenvalue weighted by atomic mass is 35.5. The molecule has 3 aliphatic heterocycles. The summed E-state index contributed by atoms with van der Waals surface area (Å²) in [5.74, 6) is -0.692. The molecule has 4 rings (SSSR count). The molecule has 0 aromatic heterocycles. The van der Waals surface area contributed by atoms with Crippen molar-refractivity contribution in [2.45, 2.75) is 51.4 Å². The zero-order chi connectivity index (χ0) is 19.2. The summed E-state index contributed by atoms with van der Waals surface area (Å²) in [4.78, 5) is 13.9. The normalized spacial score (nSPS) is 28.6. The Bertz CT molecular complexity index is 740. The number of carboxylic acids is 1. The molecule has 2 atom stereocenters. The smallest absolute Gasteiger partial charge is 0.336 e. The SMILES string of the molecule is Cc1c(C(=O)O)cc(Cl)c2c1OC(C)(C1CCN(CC3CCCO3)CC1)O2. The zero-order valence-electron chi connectivity index (χ0n) is 15.8. The lowest BCUT2D eigenvalue weighted by atomic mass is 9.89. The van der Waals surface area contributed by atoms with E-state index >= 15 is 0 Å². The Hall–Kier alpha value is -1.50. The van der Waals surface area contributed by atoms with E-state index in [1.165, 1.54) is 6.07 Å². The fourth-order valence-electron chi connectivity index (χ4n) is 4.45. The molecule has 0 bridgehead atoms.